The lowest BCUT2D eigenvalue weighted by Crippen LogP contribution is -2.48. The Morgan fingerprint density at radius 2 is 2.14 bits per heavy atom. The standard InChI is InChI=1S/C15H17BrClNO3/c1-8(2)18-13(19)6-5-11(15(20)21)14(18)10-4-3-9(17)7-12(10)16/h3-4,7-8,11,14H,5-6H2,1-2H3,(H,20,21). The predicted molar refractivity (Wildman–Crippen MR) is 84.2 cm³/mol. The summed E-state index contributed by atoms with van der Waals surface area (Å²) < 4.78 is 0.728. The van der Waals surface area contributed by atoms with Crippen molar-refractivity contribution < 1.29 is 14.7 Å². The van der Waals surface area contributed by atoms with Crippen molar-refractivity contribution in [2.45, 2.75) is 38.8 Å². The second-order valence-corrected chi connectivity index (χ2v) is 6.78. The summed E-state index contributed by atoms with van der Waals surface area (Å²) >= 11 is 9.40. The Kier molecular flexibility index (Phi) is 4.94. The van der Waals surface area contributed by atoms with Crippen LogP contribution < -0.4 is 0 Å². The van der Waals surface area contributed by atoms with E-state index in [1.807, 2.05) is 13.8 Å². The zero-order valence-corrected chi connectivity index (χ0v) is 14.2. The van der Waals surface area contributed by atoms with Crippen molar-refractivity contribution in [3.63, 3.8) is 0 Å². The number of likely N-dealkylation sites (tertiary alicyclic amines) is 1. The third-order valence-electron chi connectivity index (χ3n) is 3.79. The van der Waals surface area contributed by atoms with Gasteiger partial charge in [-0.05, 0) is 38.0 Å². The van der Waals surface area contributed by atoms with Crippen LogP contribution >= 0.6 is 27.5 Å². The summed E-state index contributed by atoms with van der Waals surface area (Å²) in [6.07, 6.45) is 0.633. The zero-order chi connectivity index (χ0) is 15.7. The normalized spacial score (nSPS) is 22.7. The summed E-state index contributed by atoms with van der Waals surface area (Å²) in [5, 5.41) is 10.1. The number of carboxylic acid groups (broad SMARTS) is 1. The van der Waals surface area contributed by atoms with Crippen LogP contribution in [0.15, 0.2) is 22.7 Å². The molecule has 1 aliphatic rings. The quantitative estimate of drug-likeness (QED) is 0.873. The molecule has 0 aromatic heterocycles. The van der Waals surface area contributed by atoms with Crippen LogP contribution in [-0.2, 0) is 9.59 Å². The van der Waals surface area contributed by atoms with Gasteiger partial charge < -0.3 is 10.0 Å². The maximum atomic E-state index is 12.3. The van der Waals surface area contributed by atoms with Gasteiger partial charge in [0.25, 0.3) is 0 Å². The molecule has 114 valence electrons. The fraction of sp³-hybridized carbons (Fsp3) is 0.467. The minimum atomic E-state index is -0.875. The molecule has 2 atom stereocenters. The number of carbonyl (C=O) groups is 2. The lowest BCUT2D eigenvalue weighted by Gasteiger charge is -2.42. The van der Waals surface area contributed by atoms with E-state index in [1.165, 1.54) is 0 Å². The van der Waals surface area contributed by atoms with Crippen LogP contribution in [0.25, 0.3) is 0 Å². The van der Waals surface area contributed by atoms with Crippen molar-refractivity contribution in [2.75, 3.05) is 0 Å². The van der Waals surface area contributed by atoms with Gasteiger partial charge >= 0.3 is 5.97 Å². The maximum absolute atomic E-state index is 12.3. The van der Waals surface area contributed by atoms with Crippen molar-refractivity contribution in [3.8, 4) is 0 Å². The lowest BCUT2D eigenvalue weighted by molar-refractivity contribution is -0.153. The third-order valence-corrected chi connectivity index (χ3v) is 4.71. The molecule has 2 rings (SSSR count). The van der Waals surface area contributed by atoms with Crippen LogP contribution in [0, 0.1) is 5.92 Å². The second kappa shape index (κ2) is 6.36. The Morgan fingerprint density at radius 3 is 2.67 bits per heavy atom. The molecule has 6 heteroatoms. The van der Waals surface area contributed by atoms with Crippen LogP contribution in [-0.4, -0.2) is 27.9 Å². The van der Waals surface area contributed by atoms with E-state index in [-0.39, 0.29) is 18.4 Å². The number of hydrogen-bond acceptors (Lipinski definition) is 2. The first-order chi connectivity index (χ1) is 9.82. The third kappa shape index (κ3) is 3.24. The minimum absolute atomic E-state index is 0.00523. The second-order valence-electron chi connectivity index (χ2n) is 5.49. The summed E-state index contributed by atoms with van der Waals surface area (Å²) in [6, 6.07) is 4.70. The first-order valence-corrected chi connectivity index (χ1v) is 7.99. The number of nitrogens with zero attached hydrogens (tertiary/aromatic N) is 1. The molecule has 1 fully saturated rings. The zero-order valence-electron chi connectivity index (χ0n) is 11.8. The van der Waals surface area contributed by atoms with Crippen molar-refractivity contribution in [1.29, 1.82) is 0 Å². The van der Waals surface area contributed by atoms with Gasteiger partial charge in [-0.3, -0.25) is 9.59 Å². The summed E-state index contributed by atoms with van der Waals surface area (Å²) in [5.41, 5.74) is 0.786. The number of amides is 1. The molecule has 21 heavy (non-hydrogen) atoms. The highest BCUT2D eigenvalue weighted by Gasteiger charge is 2.42. The number of halogens is 2. The fourth-order valence-electron chi connectivity index (χ4n) is 2.89. The van der Waals surface area contributed by atoms with E-state index in [2.05, 4.69) is 15.9 Å². The molecule has 0 radical (unpaired) electrons. The highest BCUT2D eigenvalue weighted by Crippen LogP contribution is 2.41. The first kappa shape index (κ1) is 16.3. The number of piperidine rings is 1. The van der Waals surface area contributed by atoms with Crippen LogP contribution in [0.5, 0.6) is 0 Å². The molecule has 1 amide bonds. The summed E-state index contributed by atoms with van der Waals surface area (Å²) in [5.74, 6) is -1.49. The minimum Gasteiger partial charge on any atom is -0.481 e. The van der Waals surface area contributed by atoms with Gasteiger partial charge in [0.1, 0.15) is 0 Å². The molecule has 0 bridgehead atoms. The number of hydrogen-bond donors (Lipinski definition) is 1. The molecule has 1 aromatic carbocycles. The molecule has 1 aromatic rings. The molecule has 0 spiro atoms. The Bertz CT molecular complexity index is 576. The van der Waals surface area contributed by atoms with E-state index in [9.17, 15) is 14.7 Å². The van der Waals surface area contributed by atoms with Crippen molar-refractivity contribution in [2.24, 2.45) is 5.92 Å². The van der Waals surface area contributed by atoms with Gasteiger partial charge in [-0.1, -0.05) is 33.6 Å². The van der Waals surface area contributed by atoms with E-state index in [1.54, 1.807) is 23.1 Å². The van der Waals surface area contributed by atoms with Crippen LogP contribution in [0.3, 0.4) is 0 Å². The highest BCUT2D eigenvalue weighted by atomic mass is 79.9. The molecule has 1 heterocycles. The van der Waals surface area contributed by atoms with Gasteiger partial charge in [0.15, 0.2) is 0 Å². The first-order valence-electron chi connectivity index (χ1n) is 6.82. The Labute approximate surface area is 137 Å². The van der Waals surface area contributed by atoms with E-state index >= 15 is 0 Å². The molecule has 1 N–H and O–H groups in total. The molecule has 2 unspecified atom stereocenters. The SMILES string of the molecule is CC(C)N1C(=O)CCC(C(=O)O)C1c1ccc(Cl)cc1Br. The van der Waals surface area contributed by atoms with Gasteiger partial charge in [-0.2, -0.15) is 0 Å². The topological polar surface area (TPSA) is 57.6 Å². The van der Waals surface area contributed by atoms with Crippen LogP contribution in [0.1, 0.15) is 38.3 Å². The largest absolute Gasteiger partial charge is 0.481 e. The summed E-state index contributed by atoms with van der Waals surface area (Å²) in [6.45, 7) is 3.80. The average Bonchev–Trinajstić information content (AvgIpc) is 2.37. The highest BCUT2D eigenvalue weighted by molar-refractivity contribution is 9.10. The number of benzene rings is 1. The van der Waals surface area contributed by atoms with Gasteiger partial charge in [-0.15, -0.1) is 0 Å². The predicted octanol–water partition coefficient (Wildman–Crippen LogP) is 3.88. The van der Waals surface area contributed by atoms with Crippen LogP contribution in [0.4, 0.5) is 0 Å². The van der Waals surface area contributed by atoms with E-state index in [4.69, 9.17) is 11.6 Å². The Morgan fingerprint density at radius 1 is 1.48 bits per heavy atom. The molecule has 1 saturated heterocycles. The van der Waals surface area contributed by atoms with Crippen LogP contribution in [0.2, 0.25) is 5.02 Å². The molecular weight excluding hydrogens is 358 g/mol. The number of rotatable bonds is 3. The van der Waals surface area contributed by atoms with Gasteiger partial charge in [-0.25, -0.2) is 0 Å². The van der Waals surface area contributed by atoms with E-state index in [0.29, 0.717) is 11.4 Å². The van der Waals surface area contributed by atoms with Crippen molar-refractivity contribution in [1.82, 2.24) is 4.90 Å². The number of carboxylic acids is 1. The Hall–Kier alpha value is -1.07. The van der Waals surface area contributed by atoms with Gasteiger partial charge in [0, 0.05) is 22.0 Å². The maximum Gasteiger partial charge on any atom is 0.308 e. The molecule has 1 aliphatic heterocycles. The number of aliphatic carboxylic acids is 1. The summed E-state index contributed by atoms with van der Waals surface area (Å²) in [7, 11) is 0. The number of carbonyl (C=O) groups excluding carboxylic acids is 1. The van der Waals surface area contributed by atoms with E-state index in [0.717, 1.165) is 10.0 Å². The lowest BCUT2D eigenvalue weighted by atomic mass is 9.83. The molecule has 0 aliphatic carbocycles. The monoisotopic (exact) mass is 373 g/mol. The fourth-order valence-corrected chi connectivity index (χ4v) is 3.81. The smallest absolute Gasteiger partial charge is 0.308 e. The molecular formula is C15H17BrClNO3. The van der Waals surface area contributed by atoms with Crippen molar-refractivity contribution >= 4 is 39.4 Å². The van der Waals surface area contributed by atoms with E-state index < -0.39 is 17.9 Å². The molecule has 4 nitrogen and oxygen atoms in total. The average molecular weight is 375 g/mol. The van der Waals surface area contributed by atoms with Crippen molar-refractivity contribution in [3.05, 3.63) is 33.3 Å². The summed E-state index contributed by atoms with van der Waals surface area (Å²) in [4.78, 5) is 25.5. The van der Waals surface area contributed by atoms with Gasteiger partial charge in [0.05, 0.1) is 12.0 Å². The Balaban J connectivity index is 2.54. The van der Waals surface area contributed by atoms with Gasteiger partial charge in [0.2, 0.25) is 5.91 Å². The molecule has 0 saturated carbocycles.